The molecule has 0 spiro atoms. The van der Waals surface area contributed by atoms with E-state index < -0.39 is 11.8 Å². The number of benzene rings is 1. The molecule has 5 heteroatoms. The molecule has 2 atom stereocenters. The lowest BCUT2D eigenvalue weighted by Gasteiger charge is -2.46. The van der Waals surface area contributed by atoms with Gasteiger partial charge in [-0.1, -0.05) is 6.07 Å². The second kappa shape index (κ2) is 4.51. The van der Waals surface area contributed by atoms with Crippen LogP contribution < -0.4 is 4.74 Å². The van der Waals surface area contributed by atoms with E-state index in [1.165, 1.54) is 10.5 Å². The Hall–Kier alpha value is -2.04. The second-order valence-corrected chi connectivity index (χ2v) is 5.53. The molecule has 2 aliphatic heterocycles. The molecule has 1 aromatic rings. The van der Waals surface area contributed by atoms with Crippen LogP contribution in [0.1, 0.15) is 24.1 Å². The van der Waals surface area contributed by atoms with Crippen molar-refractivity contribution >= 4 is 11.8 Å². The molecule has 0 saturated carbocycles. The predicted octanol–water partition coefficient (Wildman–Crippen LogP) is 0.982. The van der Waals surface area contributed by atoms with E-state index in [1.807, 2.05) is 25.1 Å². The first-order chi connectivity index (χ1) is 9.52. The fraction of sp³-hybridized carbons (Fsp3) is 0.467. The zero-order valence-electron chi connectivity index (χ0n) is 11.9. The van der Waals surface area contributed by atoms with Crippen LogP contribution in [0.4, 0.5) is 0 Å². The summed E-state index contributed by atoms with van der Waals surface area (Å²) in [7, 11) is 3.33. The van der Waals surface area contributed by atoms with Crippen molar-refractivity contribution in [2.45, 2.75) is 25.4 Å². The van der Waals surface area contributed by atoms with Gasteiger partial charge in [-0.2, -0.15) is 0 Å². The Bertz CT molecular complexity index is 584. The minimum atomic E-state index is -0.412. The van der Waals surface area contributed by atoms with Gasteiger partial charge in [0.2, 0.25) is 0 Å². The number of likely N-dealkylation sites (N-methyl/N-ethyl adjacent to an activating group) is 1. The van der Waals surface area contributed by atoms with Crippen LogP contribution >= 0.6 is 0 Å². The van der Waals surface area contributed by atoms with Crippen molar-refractivity contribution in [3.8, 4) is 5.75 Å². The average molecular weight is 274 g/mol. The number of ether oxygens (including phenoxy) is 1. The van der Waals surface area contributed by atoms with Crippen LogP contribution in [-0.2, 0) is 16.0 Å². The number of rotatable bonds is 1. The number of fused-ring (bicyclic) bond motifs is 3. The molecule has 106 valence electrons. The van der Waals surface area contributed by atoms with Crippen LogP contribution in [0.25, 0.3) is 0 Å². The first-order valence-corrected chi connectivity index (χ1v) is 6.77. The predicted molar refractivity (Wildman–Crippen MR) is 73.4 cm³/mol. The summed E-state index contributed by atoms with van der Waals surface area (Å²) in [5.41, 5.74) is 2.32. The molecule has 5 nitrogen and oxygen atoms in total. The summed E-state index contributed by atoms with van der Waals surface area (Å²) in [4.78, 5) is 27.3. The number of hydrogen-bond acceptors (Lipinski definition) is 3. The lowest BCUT2D eigenvalue weighted by molar-refractivity contribution is -0.160. The van der Waals surface area contributed by atoms with Crippen molar-refractivity contribution in [1.82, 2.24) is 9.80 Å². The Kier molecular flexibility index (Phi) is 2.92. The molecule has 3 rings (SSSR count). The van der Waals surface area contributed by atoms with E-state index in [2.05, 4.69) is 0 Å². The molecule has 0 aliphatic carbocycles. The zero-order valence-corrected chi connectivity index (χ0v) is 11.9. The molecule has 0 aromatic heterocycles. The summed E-state index contributed by atoms with van der Waals surface area (Å²) in [6.07, 6.45) is 0.756. The van der Waals surface area contributed by atoms with Crippen LogP contribution in [0, 0.1) is 0 Å². The first kappa shape index (κ1) is 13.0. The lowest BCUT2D eigenvalue weighted by atomic mass is 9.87. The molecule has 0 radical (unpaired) electrons. The Morgan fingerprint density at radius 1 is 1.25 bits per heavy atom. The highest BCUT2D eigenvalue weighted by Crippen LogP contribution is 2.37. The number of carbonyl (C=O) groups is 2. The monoisotopic (exact) mass is 274 g/mol. The third-order valence-corrected chi connectivity index (χ3v) is 4.25. The summed E-state index contributed by atoms with van der Waals surface area (Å²) < 4.78 is 5.27. The van der Waals surface area contributed by atoms with Crippen molar-refractivity contribution in [1.29, 1.82) is 0 Å². The third kappa shape index (κ3) is 1.77. The van der Waals surface area contributed by atoms with Gasteiger partial charge in [0, 0.05) is 19.6 Å². The fourth-order valence-corrected chi connectivity index (χ4v) is 3.23. The van der Waals surface area contributed by atoms with Gasteiger partial charge in [-0.15, -0.1) is 0 Å². The Morgan fingerprint density at radius 3 is 2.70 bits per heavy atom. The quantitative estimate of drug-likeness (QED) is 0.717. The molecule has 0 N–H and O–H groups in total. The molecule has 2 amide bonds. The second-order valence-electron chi connectivity index (χ2n) is 5.53. The van der Waals surface area contributed by atoms with Gasteiger partial charge in [0.25, 0.3) is 0 Å². The Labute approximate surface area is 118 Å². The van der Waals surface area contributed by atoms with E-state index in [4.69, 9.17) is 4.74 Å². The maximum Gasteiger partial charge on any atom is 0.312 e. The molecule has 2 aliphatic rings. The highest BCUT2D eigenvalue weighted by Gasteiger charge is 2.43. The van der Waals surface area contributed by atoms with E-state index >= 15 is 0 Å². The maximum atomic E-state index is 12.2. The van der Waals surface area contributed by atoms with Gasteiger partial charge in [0.1, 0.15) is 5.75 Å². The molecule has 0 unspecified atom stereocenters. The topological polar surface area (TPSA) is 49.9 Å². The number of hydrogen-bond donors (Lipinski definition) is 0. The lowest BCUT2D eigenvalue weighted by Crippen LogP contribution is -2.59. The molecule has 1 aromatic carbocycles. The van der Waals surface area contributed by atoms with Crippen molar-refractivity contribution < 1.29 is 14.3 Å². The molecule has 1 saturated heterocycles. The minimum Gasteiger partial charge on any atom is -0.497 e. The Balaban J connectivity index is 2.06. The average Bonchev–Trinajstić information content (AvgIpc) is 2.43. The van der Waals surface area contributed by atoms with Crippen molar-refractivity contribution in [3.63, 3.8) is 0 Å². The zero-order chi connectivity index (χ0) is 14.4. The standard InChI is InChI=1S/C15H18N2O3/c1-9-6-10-7-11(20-3)4-5-12(10)13-8-16(2)14(18)15(19)17(9)13/h4-5,7,9,13H,6,8H2,1-3H3/t9-,13-/m1/s1. The van der Waals surface area contributed by atoms with Gasteiger partial charge in [-0.25, -0.2) is 0 Å². The molecule has 1 fully saturated rings. The normalized spacial score (nSPS) is 25.4. The van der Waals surface area contributed by atoms with Gasteiger partial charge in [0.15, 0.2) is 0 Å². The van der Waals surface area contributed by atoms with Crippen LogP contribution in [0.2, 0.25) is 0 Å². The van der Waals surface area contributed by atoms with Crippen molar-refractivity contribution in [2.24, 2.45) is 0 Å². The maximum absolute atomic E-state index is 12.2. The minimum absolute atomic E-state index is 0.0322. The third-order valence-electron chi connectivity index (χ3n) is 4.25. The van der Waals surface area contributed by atoms with E-state index in [0.29, 0.717) is 6.54 Å². The summed E-state index contributed by atoms with van der Waals surface area (Å²) in [6, 6.07) is 5.94. The molecule has 20 heavy (non-hydrogen) atoms. The Morgan fingerprint density at radius 2 is 2.00 bits per heavy atom. The van der Waals surface area contributed by atoms with E-state index in [-0.39, 0.29) is 12.1 Å². The molecular formula is C15H18N2O3. The van der Waals surface area contributed by atoms with Crippen LogP contribution in [0.3, 0.4) is 0 Å². The number of carbonyl (C=O) groups excluding carboxylic acids is 2. The van der Waals surface area contributed by atoms with Crippen molar-refractivity contribution in [3.05, 3.63) is 29.3 Å². The van der Waals surface area contributed by atoms with Crippen LogP contribution in [-0.4, -0.2) is 48.4 Å². The fourth-order valence-electron chi connectivity index (χ4n) is 3.23. The SMILES string of the molecule is COc1ccc2c(c1)C[C@@H](C)N1C(=O)C(=O)N(C)C[C@H]21. The van der Waals surface area contributed by atoms with Gasteiger partial charge < -0.3 is 14.5 Å². The molecular weight excluding hydrogens is 256 g/mol. The van der Waals surface area contributed by atoms with Gasteiger partial charge in [-0.3, -0.25) is 9.59 Å². The van der Waals surface area contributed by atoms with Gasteiger partial charge in [-0.05, 0) is 36.6 Å². The van der Waals surface area contributed by atoms with E-state index in [1.54, 1.807) is 19.1 Å². The summed E-state index contributed by atoms with van der Waals surface area (Å²) >= 11 is 0. The largest absolute Gasteiger partial charge is 0.497 e. The van der Waals surface area contributed by atoms with Gasteiger partial charge >= 0.3 is 11.8 Å². The van der Waals surface area contributed by atoms with Gasteiger partial charge in [0.05, 0.1) is 13.2 Å². The van der Waals surface area contributed by atoms with E-state index in [0.717, 1.165) is 17.7 Å². The van der Waals surface area contributed by atoms with Crippen LogP contribution in [0.5, 0.6) is 5.75 Å². The number of nitrogens with zero attached hydrogens (tertiary/aromatic N) is 2. The number of amides is 2. The highest BCUT2D eigenvalue weighted by atomic mass is 16.5. The molecule has 2 heterocycles. The first-order valence-electron chi connectivity index (χ1n) is 6.77. The summed E-state index contributed by atoms with van der Waals surface area (Å²) in [5, 5.41) is 0. The smallest absolute Gasteiger partial charge is 0.312 e. The van der Waals surface area contributed by atoms with Crippen LogP contribution in [0.15, 0.2) is 18.2 Å². The van der Waals surface area contributed by atoms with Crippen molar-refractivity contribution in [2.75, 3.05) is 20.7 Å². The number of piperazine rings is 1. The highest BCUT2D eigenvalue weighted by molar-refractivity contribution is 6.35. The molecule has 0 bridgehead atoms. The van der Waals surface area contributed by atoms with E-state index in [9.17, 15) is 9.59 Å². The number of methoxy groups -OCH3 is 1. The summed E-state index contributed by atoms with van der Waals surface area (Å²) in [5.74, 6) is 0.0266. The summed E-state index contributed by atoms with van der Waals surface area (Å²) in [6.45, 7) is 2.54.